The molecule has 7 heteroatoms. The van der Waals surface area contributed by atoms with Gasteiger partial charge in [-0.3, -0.25) is 4.90 Å². The van der Waals surface area contributed by atoms with Gasteiger partial charge in [-0.1, -0.05) is 0 Å². The number of rotatable bonds is 5. The first-order valence-electron chi connectivity index (χ1n) is 9.15. The summed E-state index contributed by atoms with van der Waals surface area (Å²) in [6, 6.07) is 7.57. The summed E-state index contributed by atoms with van der Waals surface area (Å²) in [5.74, 6) is 2.26. The molecule has 0 spiro atoms. The normalized spacial score (nSPS) is 22.4. The maximum Gasteiger partial charge on any atom is 0.222 e. The summed E-state index contributed by atoms with van der Waals surface area (Å²) in [6.07, 6.45) is 5.91. The number of likely N-dealkylation sites (tertiary alicyclic amines) is 1. The van der Waals surface area contributed by atoms with Crippen LogP contribution >= 0.6 is 0 Å². The fourth-order valence-corrected chi connectivity index (χ4v) is 3.56. The summed E-state index contributed by atoms with van der Waals surface area (Å²) < 4.78 is 11.2. The molecule has 142 valence electrons. The zero-order chi connectivity index (χ0) is 18.6. The Bertz CT molecular complexity index is 812. The second-order valence-electron chi connectivity index (χ2n) is 6.91. The third-order valence-electron chi connectivity index (χ3n) is 4.96. The number of nitrogens with zero attached hydrogens (tertiary/aromatic N) is 3. The number of fused-ring (bicyclic) bond motifs is 1. The highest BCUT2D eigenvalue weighted by molar-refractivity contribution is 5.64. The van der Waals surface area contributed by atoms with Crippen molar-refractivity contribution in [3.05, 3.63) is 47.8 Å². The number of piperidine rings is 1. The van der Waals surface area contributed by atoms with E-state index in [9.17, 15) is 5.11 Å². The number of aliphatic hydroxyl groups is 1. The number of benzene rings is 1. The number of hydrogen-bond acceptors (Lipinski definition) is 7. The van der Waals surface area contributed by atoms with E-state index < -0.39 is 6.10 Å². The number of hydrogen-bond donors (Lipinski definition) is 2. The molecule has 7 nitrogen and oxygen atoms in total. The van der Waals surface area contributed by atoms with Crippen molar-refractivity contribution in [2.24, 2.45) is 0 Å². The van der Waals surface area contributed by atoms with Crippen molar-refractivity contribution in [3.63, 3.8) is 0 Å². The van der Waals surface area contributed by atoms with Crippen LogP contribution in [-0.4, -0.2) is 65.5 Å². The standard InChI is InChI=1S/C20H24N4O3/c1-26-16-3-4-19-15(10-16)9-14(13-27-19)11-24-8-5-17(18(25)12-24)23-20-21-6-2-7-22-20/h2-4,6-7,9-10,17-18,25H,5,8,11-13H2,1H3,(H,21,22,23)/t17-,18-/m1/s1. The molecule has 1 aromatic carbocycles. The molecule has 1 aromatic heterocycles. The van der Waals surface area contributed by atoms with Crippen LogP contribution in [0, 0.1) is 0 Å². The third kappa shape index (κ3) is 4.20. The number of aromatic nitrogens is 2. The minimum Gasteiger partial charge on any atom is -0.497 e. The SMILES string of the molecule is COc1ccc2c(c1)C=C(CN1CC[C@@H](Nc3ncccn3)[C@H](O)C1)CO2. The van der Waals surface area contributed by atoms with Gasteiger partial charge in [-0.25, -0.2) is 9.97 Å². The van der Waals surface area contributed by atoms with Gasteiger partial charge in [0.1, 0.15) is 18.1 Å². The Morgan fingerprint density at radius 2 is 2.19 bits per heavy atom. The summed E-state index contributed by atoms with van der Waals surface area (Å²) in [5.41, 5.74) is 2.23. The van der Waals surface area contributed by atoms with E-state index in [0.29, 0.717) is 19.1 Å². The van der Waals surface area contributed by atoms with Gasteiger partial charge in [-0.15, -0.1) is 0 Å². The Balaban J connectivity index is 1.36. The predicted molar refractivity (Wildman–Crippen MR) is 103 cm³/mol. The van der Waals surface area contributed by atoms with Gasteiger partial charge < -0.3 is 19.9 Å². The van der Waals surface area contributed by atoms with Crippen LogP contribution < -0.4 is 14.8 Å². The molecular formula is C20H24N4O3. The average molecular weight is 368 g/mol. The van der Waals surface area contributed by atoms with Gasteiger partial charge in [0.15, 0.2) is 0 Å². The van der Waals surface area contributed by atoms with Crippen LogP contribution in [0.2, 0.25) is 0 Å². The predicted octanol–water partition coefficient (Wildman–Crippen LogP) is 1.81. The Labute approximate surface area is 158 Å². The van der Waals surface area contributed by atoms with E-state index in [4.69, 9.17) is 9.47 Å². The fraction of sp³-hybridized carbons (Fsp3) is 0.400. The first kappa shape index (κ1) is 17.8. The van der Waals surface area contributed by atoms with Crippen LogP contribution in [0.1, 0.15) is 12.0 Å². The highest BCUT2D eigenvalue weighted by atomic mass is 16.5. The number of aliphatic hydroxyl groups excluding tert-OH is 1. The molecule has 0 amide bonds. The van der Waals surface area contributed by atoms with Crippen LogP contribution in [0.15, 0.2) is 42.2 Å². The van der Waals surface area contributed by atoms with Crippen molar-refractivity contribution in [3.8, 4) is 11.5 Å². The lowest BCUT2D eigenvalue weighted by atomic mass is 10.0. The van der Waals surface area contributed by atoms with Gasteiger partial charge in [-0.05, 0) is 42.3 Å². The lowest BCUT2D eigenvalue weighted by molar-refractivity contribution is 0.0633. The molecule has 2 aliphatic heterocycles. The summed E-state index contributed by atoms with van der Waals surface area (Å²) in [6.45, 7) is 2.85. The summed E-state index contributed by atoms with van der Waals surface area (Å²) >= 11 is 0. The van der Waals surface area contributed by atoms with Gasteiger partial charge in [0.2, 0.25) is 5.95 Å². The molecule has 2 aromatic rings. The van der Waals surface area contributed by atoms with Gasteiger partial charge in [0, 0.05) is 37.6 Å². The number of β-amino-alcohol motifs (C(OH)–C–C–N with tert-alkyl or cyclic N) is 1. The number of methoxy groups -OCH3 is 1. The molecule has 1 saturated heterocycles. The molecule has 0 saturated carbocycles. The Morgan fingerprint density at radius 1 is 1.33 bits per heavy atom. The van der Waals surface area contributed by atoms with E-state index in [2.05, 4.69) is 26.3 Å². The molecule has 2 N–H and O–H groups in total. The first-order chi connectivity index (χ1) is 13.2. The first-order valence-corrected chi connectivity index (χ1v) is 9.15. The van der Waals surface area contributed by atoms with Crippen molar-refractivity contribution in [1.82, 2.24) is 14.9 Å². The molecule has 27 heavy (non-hydrogen) atoms. The highest BCUT2D eigenvalue weighted by Crippen LogP contribution is 2.30. The molecule has 3 heterocycles. The quantitative estimate of drug-likeness (QED) is 0.833. The fourth-order valence-electron chi connectivity index (χ4n) is 3.56. The van der Waals surface area contributed by atoms with Crippen LogP contribution in [0.25, 0.3) is 6.08 Å². The summed E-state index contributed by atoms with van der Waals surface area (Å²) in [5, 5.41) is 13.8. The van der Waals surface area contributed by atoms with Gasteiger partial charge in [0.25, 0.3) is 0 Å². The van der Waals surface area contributed by atoms with Crippen molar-refractivity contribution < 1.29 is 14.6 Å². The summed E-state index contributed by atoms with van der Waals surface area (Å²) in [4.78, 5) is 10.6. The molecule has 2 aliphatic rings. The van der Waals surface area contributed by atoms with E-state index in [-0.39, 0.29) is 6.04 Å². The molecule has 0 radical (unpaired) electrons. The Morgan fingerprint density at radius 3 is 2.96 bits per heavy atom. The largest absolute Gasteiger partial charge is 0.497 e. The number of nitrogens with one attached hydrogen (secondary N) is 1. The van der Waals surface area contributed by atoms with E-state index in [1.54, 1.807) is 25.6 Å². The molecule has 0 unspecified atom stereocenters. The smallest absolute Gasteiger partial charge is 0.222 e. The topological polar surface area (TPSA) is 79.7 Å². The minimum atomic E-state index is -0.472. The molecule has 4 rings (SSSR count). The van der Waals surface area contributed by atoms with Gasteiger partial charge in [0.05, 0.1) is 19.3 Å². The third-order valence-corrected chi connectivity index (χ3v) is 4.96. The number of anilines is 1. The van der Waals surface area contributed by atoms with Crippen LogP contribution in [0.5, 0.6) is 11.5 Å². The molecule has 1 fully saturated rings. The number of ether oxygens (including phenoxy) is 2. The monoisotopic (exact) mass is 368 g/mol. The zero-order valence-electron chi connectivity index (χ0n) is 15.3. The van der Waals surface area contributed by atoms with E-state index in [1.165, 1.54) is 5.57 Å². The summed E-state index contributed by atoms with van der Waals surface area (Å²) in [7, 11) is 1.66. The van der Waals surface area contributed by atoms with Crippen molar-refractivity contribution >= 4 is 12.0 Å². The maximum absolute atomic E-state index is 10.5. The van der Waals surface area contributed by atoms with Gasteiger partial charge >= 0.3 is 0 Å². The lowest BCUT2D eigenvalue weighted by Gasteiger charge is -2.37. The van der Waals surface area contributed by atoms with Crippen LogP contribution in [-0.2, 0) is 0 Å². The average Bonchev–Trinajstić information content (AvgIpc) is 2.70. The lowest BCUT2D eigenvalue weighted by Crippen LogP contribution is -2.50. The van der Waals surface area contributed by atoms with E-state index in [0.717, 1.165) is 36.6 Å². The minimum absolute atomic E-state index is 0.0368. The van der Waals surface area contributed by atoms with E-state index in [1.807, 2.05) is 18.2 Å². The second kappa shape index (κ2) is 7.94. The van der Waals surface area contributed by atoms with Crippen molar-refractivity contribution in [2.45, 2.75) is 18.6 Å². The molecular weight excluding hydrogens is 344 g/mol. The molecule has 0 bridgehead atoms. The molecule has 0 aliphatic carbocycles. The van der Waals surface area contributed by atoms with Crippen LogP contribution in [0.4, 0.5) is 5.95 Å². The highest BCUT2D eigenvalue weighted by Gasteiger charge is 2.28. The second-order valence-corrected chi connectivity index (χ2v) is 6.91. The van der Waals surface area contributed by atoms with Crippen molar-refractivity contribution in [2.75, 3.05) is 38.7 Å². The van der Waals surface area contributed by atoms with Crippen molar-refractivity contribution in [1.29, 1.82) is 0 Å². The maximum atomic E-state index is 10.5. The van der Waals surface area contributed by atoms with E-state index >= 15 is 0 Å². The molecule has 2 atom stereocenters. The van der Waals surface area contributed by atoms with Gasteiger partial charge in [-0.2, -0.15) is 0 Å². The Hall–Kier alpha value is -2.64. The van der Waals surface area contributed by atoms with Crippen LogP contribution in [0.3, 0.4) is 0 Å². The Kier molecular flexibility index (Phi) is 5.22. The zero-order valence-corrected chi connectivity index (χ0v) is 15.3.